The van der Waals surface area contributed by atoms with Crippen LogP contribution in [0.3, 0.4) is 0 Å². The van der Waals surface area contributed by atoms with Gasteiger partial charge in [-0.15, -0.1) is 0 Å². The Kier molecular flexibility index (Phi) is 10.9. The average Bonchev–Trinajstić information content (AvgIpc) is 0.717. The third-order valence-electron chi connectivity index (χ3n) is 21.0. The molecule has 0 aliphatic carbocycles. The summed E-state index contributed by atoms with van der Waals surface area (Å²) >= 11 is 0. The maximum atomic E-state index is 2.65. The van der Waals surface area contributed by atoms with Crippen molar-refractivity contribution in [1.29, 1.82) is 0 Å². The molecule has 1 atom stereocenters. The van der Waals surface area contributed by atoms with E-state index in [9.17, 15) is 0 Å². The molecule has 20 rings (SSSR count). The Labute approximate surface area is 532 Å². The van der Waals surface area contributed by atoms with Gasteiger partial charge in [0, 0.05) is 67.5 Å². The minimum atomic E-state index is -3.50. The summed E-state index contributed by atoms with van der Waals surface area (Å²) in [6.45, 7) is 0.00291. The second-order valence-corrected chi connectivity index (χ2v) is 29.0. The lowest BCUT2D eigenvalue weighted by atomic mass is 9.43. The number of fused-ring (bicyclic) bond motifs is 33. The molecule has 6 aliphatic rings. The first-order valence-electron chi connectivity index (χ1n) is 32.0. The largest absolute Gasteiger partial charge is 0.376 e. The van der Waals surface area contributed by atoms with Crippen LogP contribution in [-0.2, 0) is 0 Å². The number of hydrogen-bond donors (Lipinski definition) is 0. The highest BCUT2D eigenvalue weighted by molar-refractivity contribution is 7.20. The van der Waals surface area contributed by atoms with Crippen LogP contribution in [0.25, 0.3) is 77.9 Å². The molecule has 0 aromatic heterocycles. The van der Waals surface area contributed by atoms with Crippen LogP contribution in [0.15, 0.2) is 328 Å². The average molecular weight is 1170 g/mol. The summed E-state index contributed by atoms with van der Waals surface area (Å²) < 4.78 is 0. The van der Waals surface area contributed by atoms with E-state index in [-0.39, 0.29) is 20.5 Å². The van der Waals surface area contributed by atoms with E-state index in [0.717, 1.165) is 0 Å². The lowest BCUT2D eigenvalue weighted by Gasteiger charge is -2.45. The highest BCUT2D eigenvalue weighted by Gasteiger charge is 2.49. The van der Waals surface area contributed by atoms with E-state index in [1.807, 2.05) is 0 Å². The SMILES string of the molecule is c1ccc([Si](c2ccc3c(c2)-c2ccccc2N2B3c3ccccc3-c3ccccc32)(c2ccc3c(c2)-c2ccccc2B2c4ccccc4-c4ccccc4N23)c2ccccc2-c2ccc3c(c2)-c2ccccc2B2c4ccccc4-c4ccccc4N23)cc1. The summed E-state index contributed by atoms with van der Waals surface area (Å²) in [6, 6.07) is 126. The molecule has 0 radical (unpaired) electrons. The topological polar surface area (TPSA) is 9.72 Å². The molecule has 14 aromatic rings. The number of benzene rings is 14. The van der Waals surface area contributed by atoms with Gasteiger partial charge in [0.1, 0.15) is 0 Å². The highest BCUT2D eigenvalue weighted by Crippen LogP contribution is 2.50. The van der Waals surface area contributed by atoms with Gasteiger partial charge in [-0.1, -0.05) is 285 Å². The molecule has 0 bridgehead atoms. The molecule has 0 saturated heterocycles. The molecule has 0 N–H and O–H groups in total. The third-order valence-corrected chi connectivity index (χ3v) is 25.8. The Balaban J connectivity index is 0.862. The zero-order valence-corrected chi connectivity index (χ0v) is 50.8. The van der Waals surface area contributed by atoms with Gasteiger partial charge in [0.25, 0.3) is 0 Å². The van der Waals surface area contributed by atoms with E-state index in [1.165, 1.54) is 166 Å². The second-order valence-electron chi connectivity index (χ2n) is 25.2. The smallest absolute Gasteiger partial charge is 0.329 e. The summed E-state index contributed by atoms with van der Waals surface area (Å²) in [5.74, 6) is 0. The fourth-order valence-corrected chi connectivity index (χ4v) is 22.4. The molecule has 6 aliphatic heterocycles. The predicted octanol–water partition coefficient (Wildman–Crippen LogP) is 13.4. The minimum absolute atomic E-state index is 0.00671. The first kappa shape index (κ1) is 50.8. The molecule has 14 aromatic carbocycles. The van der Waals surface area contributed by atoms with E-state index in [0.29, 0.717) is 0 Å². The molecule has 0 saturated carbocycles. The molecular formula is C84H54B3N3Si. The summed E-state index contributed by atoms with van der Waals surface area (Å²) in [5, 5.41) is 5.36. The first-order valence-corrected chi connectivity index (χ1v) is 34.0. The summed E-state index contributed by atoms with van der Waals surface area (Å²) in [6.07, 6.45) is 0. The van der Waals surface area contributed by atoms with Crippen molar-refractivity contribution in [2.75, 3.05) is 14.4 Å². The van der Waals surface area contributed by atoms with Gasteiger partial charge in [0.2, 0.25) is 0 Å². The van der Waals surface area contributed by atoms with E-state index < -0.39 is 8.07 Å². The maximum Gasteiger partial charge on any atom is 0.329 e. The van der Waals surface area contributed by atoms with Crippen molar-refractivity contribution in [3.63, 3.8) is 0 Å². The Hall–Kier alpha value is -11.1. The Bertz CT molecular complexity index is 5220. The van der Waals surface area contributed by atoms with Crippen molar-refractivity contribution in [2.45, 2.75) is 0 Å². The van der Waals surface area contributed by atoms with Crippen molar-refractivity contribution < 1.29 is 0 Å². The monoisotopic (exact) mass is 1170 g/mol. The van der Waals surface area contributed by atoms with Crippen molar-refractivity contribution in [3.8, 4) is 77.9 Å². The van der Waals surface area contributed by atoms with Gasteiger partial charge < -0.3 is 14.4 Å². The zero-order chi connectivity index (χ0) is 59.5. The number of para-hydroxylation sites is 4. The molecule has 0 spiro atoms. The van der Waals surface area contributed by atoms with Gasteiger partial charge in [-0.25, -0.2) is 0 Å². The number of hydrogen-bond acceptors (Lipinski definition) is 3. The summed E-state index contributed by atoms with van der Waals surface area (Å²) in [5.41, 5.74) is 33.1. The van der Waals surface area contributed by atoms with Crippen LogP contribution in [0.5, 0.6) is 0 Å². The van der Waals surface area contributed by atoms with Gasteiger partial charge in [0.15, 0.2) is 8.07 Å². The van der Waals surface area contributed by atoms with E-state index in [1.54, 1.807) is 0 Å². The molecule has 0 fully saturated rings. The predicted molar refractivity (Wildman–Crippen MR) is 389 cm³/mol. The van der Waals surface area contributed by atoms with Crippen LogP contribution in [0.1, 0.15) is 0 Å². The molecule has 7 heteroatoms. The van der Waals surface area contributed by atoms with Crippen LogP contribution in [0.4, 0.5) is 34.1 Å². The number of anilines is 6. The summed E-state index contributed by atoms with van der Waals surface area (Å²) in [4.78, 5) is 7.89. The minimum Gasteiger partial charge on any atom is -0.376 e. The van der Waals surface area contributed by atoms with Gasteiger partial charge in [0.05, 0.1) is 0 Å². The molecule has 0 amide bonds. The second kappa shape index (κ2) is 19.4. The van der Waals surface area contributed by atoms with Gasteiger partial charge >= 0.3 is 20.5 Å². The van der Waals surface area contributed by atoms with Gasteiger partial charge in [-0.2, -0.15) is 0 Å². The normalized spacial score (nSPS) is 14.1. The Morgan fingerprint density at radius 3 is 0.934 bits per heavy atom. The quantitative estimate of drug-likeness (QED) is 0.126. The van der Waals surface area contributed by atoms with E-state index in [4.69, 9.17) is 0 Å². The number of nitrogens with zero attached hydrogens (tertiary/aromatic N) is 3. The van der Waals surface area contributed by atoms with Crippen molar-refractivity contribution >= 4 is 116 Å². The van der Waals surface area contributed by atoms with Crippen LogP contribution >= 0.6 is 0 Å². The highest BCUT2D eigenvalue weighted by atomic mass is 28.3. The van der Waals surface area contributed by atoms with Crippen molar-refractivity contribution in [1.82, 2.24) is 0 Å². The van der Waals surface area contributed by atoms with Gasteiger partial charge in [-0.3, -0.25) is 0 Å². The van der Waals surface area contributed by atoms with Gasteiger partial charge in [-0.05, 0) is 140 Å². The zero-order valence-electron chi connectivity index (χ0n) is 49.8. The van der Waals surface area contributed by atoms with Crippen LogP contribution in [-0.4, -0.2) is 28.6 Å². The standard InChI is InChI=1S/C84H54B3N3Si/c1-2-24-56(25-3-1)91(57-47-49-77-69(53-57)68-35-12-22-44-81(68)88-78-41-19-9-32-65(78)62-29-6-16-38-74(62)87(77)88,58-48-51-83-71(54-58)64-31-8-18-40-76(64)86-73-37-15-5-28-61(73)67-34-11-21-43-80(67)90(83)86)84-45-23-13-26-59(84)55-46-50-82-70(52-55)63-30-7-17-39-75(63)85-72-36-14-4-27-60(72)66-33-10-20-42-79(66)89(82)85/h1-54H. The summed E-state index contributed by atoms with van der Waals surface area (Å²) in [7, 11) is -3.50. The molecule has 91 heavy (non-hydrogen) atoms. The van der Waals surface area contributed by atoms with Crippen molar-refractivity contribution in [3.05, 3.63) is 328 Å². The van der Waals surface area contributed by atoms with E-state index >= 15 is 0 Å². The van der Waals surface area contributed by atoms with Crippen molar-refractivity contribution in [2.24, 2.45) is 0 Å². The fourth-order valence-electron chi connectivity index (χ4n) is 17.4. The first-order chi connectivity index (χ1) is 45.2. The molecule has 6 heterocycles. The molecule has 418 valence electrons. The Morgan fingerprint density at radius 1 is 0.187 bits per heavy atom. The van der Waals surface area contributed by atoms with Crippen LogP contribution in [0, 0.1) is 0 Å². The fraction of sp³-hybridized carbons (Fsp3) is 0. The van der Waals surface area contributed by atoms with Crippen LogP contribution < -0.4 is 68.0 Å². The molecule has 1 unspecified atom stereocenters. The molecular weight excluding hydrogens is 1110 g/mol. The lowest BCUT2D eigenvalue weighted by molar-refractivity contribution is 1.35. The maximum absolute atomic E-state index is 3.50. The van der Waals surface area contributed by atoms with E-state index in [2.05, 4.69) is 342 Å². The van der Waals surface area contributed by atoms with Crippen LogP contribution in [0.2, 0.25) is 0 Å². The third kappa shape index (κ3) is 7.01. The molecule has 3 nitrogen and oxygen atoms in total. The lowest BCUT2D eigenvalue weighted by Crippen LogP contribution is -2.75. The Morgan fingerprint density at radius 2 is 0.484 bits per heavy atom. The number of rotatable bonds is 5.